The summed E-state index contributed by atoms with van der Waals surface area (Å²) in [7, 11) is 0. The topological polar surface area (TPSA) is 37.9 Å². The summed E-state index contributed by atoms with van der Waals surface area (Å²) in [6, 6.07) is 25.0. The van der Waals surface area contributed by atoms with Gasteiger partial charge in [0.2, 0.25) is 0 Å². The Labute approximate surface area is 164 Å². The van der Waals surface area contributed by atoms with Crippen LogP contribution in [0.5, 0.6) is 0 Å². The van der Waals surface area contributed by atoms with Gasteiger partial charge in [-0.15, -0.1) is 0 Å². The maximum Gasteiger partial charge on any atom is 0.155 e. The third-order valence-corrected chi connectivity index (χ3v) is 5.39. The number of furan rings is 1. The molecule has 0 radical (unpaired) electrons. The van der Waals surface area contributed by atoms with Crippen molar-refractivity contribution in [2.24, 2.45) is 9.98 Å². The zero-order chi connectivity index (χ0) is 19.0. The minimum absolute atomic E-state index is 0.191. The lowest BCUT2D eigenvalue weighted by atomic mass is 10.0. The number of para-hydroxylation sites is 1. The fourth-order valence-electron chi connectivity index (χ4n) is 3.73. The maximum absolute atomic E-state index is 6.09. The van der Waals surface area contributed by atoms with Gasteiger partial charge in [0.05, 0.1) is 5.54 Å². The summed E-state index contributed by atoms with van der Waals surface area (Å²) in [4.78, 5) is 9.80. The molecule has 1 aliphatic carbocycles. The fraction of sp³-hybridized carbons (Fsp3) is 0.200. The van der Waals surface area contributed by atoms with Gasteiger partial charge < -0.3 is 4.42 Å². The molecule has 0 spiro atoms. The molecule has 1 aromatic heterocycles. The van der Waals surface area contributed by atoms with Crippen molar-refractivity contribution in [3.05, 3.63) is 83.9 Å². The predicted molar refractivity (Wildman–Crippen MR) is 116 cm³/mol. The Balaban J connectivity index is 1.60. The van der Waals surface area contributed by atoms with Crippen LogP contribution in [0, 0.1) is 0 Å². The van der Waals surface area contributed by atoms with Gasteiger partial charge in [-0.2, -0.15) is 0 Å². The molecular formula is C25H22N2O. The van der Waals surface area contributed by atoms with E-state index in [2.05, 4.69) is 54.4 Å². The smallest absolute Gasteiger partial charge is 0.155 e. The molecule has 1 heterocycles. The van der Waals surface area contributed by atoms with Crippen LogP contribution >= 0.6 is 0 Å². The van der Waals surface area contributed by atoms with E-state index in [0.29, 0.717) is 0 Å². The quantitative estimate of drug-likeness (QED) is 0.300. The molecule has 4 aromatic rings. The van der Waals surface area contributed by atoms with Gasteiger partial charge >= 0.3 is 0 Å². The van der Waals surface area contributed by atoms with Crippen LogP contribution in [0.1, 0.15) is 37.3 Å². The molecule has 0 N–H and O–H groups in total. The highest BCUT2D eigenvalue weighted by molar-refractivity contribution is 6.05. The van der Waals surface area contributed by atoms with Crippen LogP contribution in [0.15, 0.2) is 87.2 Å². The standard InChI is InChI=1S/C25H22N2O/c1-2-16-26-24(18-8-4-3-5-9-18)27-25(14-15-25)19-12-13-21-20-10-6-7-11-22(20)28-23(21)17-19/h3-13,16-17H,2,14-15H2,1H3. The summed E-state index contributed by atoms with van der Waals surface area (Å²) in [6.07, 6.45) is 4.90. The number of hydrogen-bond donors (Lipinski definition) is 0. The Bertz CT molecular complexity index is 1200. The summed E-state index contributed by atoms with van der Waals surface area (Å²) < 4.78 is 6.09. The van der Waals surface area contributed by atoms with Crippen molar-refractivity contribution >= 4 is 34.0 Å². The average Bonchev–Trinajstić information content (AvgIpc) is 3.44. The lowest BCUT2D eigenvalue weighted by Gasteiger charge is -2.13. The van der Waals surface area contributed by atoms with E-state index >= 15 is 0 Å². The molecule has 28 heavy (non-hydrogen) atoms. The van der Waals surface area contributed by atoms with Gasteiger partial charge in [0.1, 0.15) is 11.2 Å². The molecule has 0 atom stereocenters. The Hall–Kier alpha value is -3.20. The first-order chi connectivity index (χ1) is 13.8. The molecule has 1 aliphatic rings. The van der Waals surface area contributed by atoms with Crippen LogP contribution in [0.4, 0.5) is 0 Å². The van der Waals surface area contributed by atoms with Crippen LogP contribution in [0.2, 0.25) is 0 Å². The molecule has 5 rings (SSSR count). The zero-order valence-electron chi connectivity index (χ0n) is 15.9. The lowest BCUT2D eigenvalue weighted by molar-refractivity contribution is 0.664. The normalized spacial score (nSPS) is 16.2. The Morgan fingerprint density at radius 3 is 2.46 bits per heavy atom. The van der Waals surface area contributed by atoms with E-state index in [1.54, 1.807) is 0 Å². The van der Waals surface area contributed by atoms with E-state index in [1.807, 2.05) is 36.5 Å². The second-order valence-corrected chi connectivity index (χ2v) is 7.36. The Morgan fingerprint density at radius 1 is 0.929 bits per heavy atom. The Kier molecular flexibility index (Phi) is 4.09. The number of aliphatic imine (C=N–C) groups is 2. The summed E-state index contributed by atoms with van der Waals surface area (Å²) in [5.41, 5.74) is 3.94. The average molecular weight is 366 g/mol. The van der Waals surface area contributed by atoms with Crippen molar-refractivity contribution in [1.82, 2.24) is 0 Å². The van der Waals surface area contributed by atoms with Gasteiger partial charge in [0.15, 0.2) is 5.84 Å². The summed E-state index contributed by atoms with van der Waals surface area (Å²) in [6.45, 7) is 2.09. The molecule has 3 aromatic carbocycles. The van der Waals surface area contributed by atoms with Gasteiger partial charge in [0.25, 0.3) is 0 Å². The van der Waals surface area contributed by atoms with Crippen molar-refractivity contribution in [2.75, 3.05) is 0 Å². The van der Waals surface area contributed by atoms with Crippen molar-refractivity contribution in [2.45, 2.75) is 31.7 Å². The molecule has 1 saturated carbocycles. The number of nitrogens with zero attached hydrogens (tertiary/aromatic N) is 2. The highest BCUT2D eigenvalue weighted by Crippen LogP contribution is 2.50. The van der Waals surface area contributed by atoms with Gasteiger partial charge in [-0.1, -0.05) is 67.6 Å². The second-order valence-electron chi connectivity index (χ2n) is 7.36. The molecule has 0 amide bonds. The third kappa shape index (κ3) is 2.93. The number of benzene rings is 3. The molecule has 0 aliphatic heterocycles. The minimum Gasteiger partial charge on any atom is -0.456 e. The van der Waals surface area contributed by atoms with Crippen molar-refractivity contribution in [1.29, 1.82) is 0 Å². The lowest BCUT2D eigenvalue weighted by Crippen LogP contribution is -2.08. The van der Waals surface area contributed by atoms with E-state index in [0.717, 1.165) is 52.6 Å². The zero-order valence-corrected chi connectivity index (χ0v) is 15.9. The molecule has 3 nitrogen and oxygen atoms in total. The predicted octanol–water partition coefficient (Wildman–Crippen LogP) is 6.50. The fourth-order valence-corrected chi connectivity index (χ4v) is 3.73. The van der Waals surface area contributed by atoms with Crippen molar-refractivity contribution < 1.29 is 4.42 Å². The second kappa shape index (κ2) is 6.75. The molecule has 0 unspecified atom stereocenters. The van der Waals surface area contributed by atoms with Crippen LogP contribution < -0.4 is 0 Å². The van der Waals surface area contributed by atoms with E-state index in [4.69, 9.17) is 9.41 Å². The minimum atomic E-state index is -0.191. The first-order valence-corrected chi connectivity index (χ1v) is 9.89. The van der Waals surface area contributed by atoms with Crippen LogP contribution in [-0.4, -0.2) is 12.1 Å². The summed E-state index contributed by atoms with van der Waals surface area (Å²) >= 11 is 0. The van der Waals surface area contributed by atoms with E-state index in [-0.39, 0.29) is 5.54 Å². The summed E-state index contributed by atoms with van der Waals surface area (Å²) in [5.74, 6) is 0.810. The van der Waals surface area contributed by atoms with Crippen LogP contribution in [0.3, 0.4) is 0 Å². The van der Waals surface area contributed by atoms with Gasteiger partial charge in [-0.05, 0) is 37.0 Å². The van der Waals surface area contributed by atoms with E-state index in [9.17, 15) is 0 Å². The first-order valence-electron chi connectivity index (χ1n) is 9.89. The molecule has 138 valence electrons. The summed E-state index contributed by atoms with van der Waals surface area (Å²) in [5, 5.41) is 2.32. The monoisotopic (exact) mass is 366 g/mol. The van der Waals surface area contributed by atoms with E-state index in [1.165, 1.54) is 5.56 Å². The third-order valence-electron chi connectivity index (χ3n) is 5.39. The SMILES string of the molecule is CCC=NC(=NC1(c2ccc3c(c2)oc2ccccc23)CC1)c1ccccc1. The van der Waals surface area contributed by atoms with Crippen LogP contribution in [-0.2, 0) is 5.54 Å². The molecule has 1 fully saturated rings. The molecule has 0 bridgehead atoms. The molecule has 3 heteroatoms. The molecular weight excluding hydrogens is 344 g/mol. The first kappa shape index (κ1) is 16.9. The number of fused-ring (bicyclic) bond motifs is 3. The number of amidine groups is 1. The highest BCUT2D eigenvalue weighted by Gasteiger charge is 2.45. The van der Waals surface area contributed by atoms with E-state index < -0.39 is 0 Å². The van der Waals surface area contributed by atoms with Crippen LogP contribution in [0.25, 0.3) is 21.9 Å². The van der Waals surface area contributed by atoms with Gasteiger partial charge in [0, 0.05) is 22.6 Å². The maximum atomic E-state index is 6.09. The Morgan fingerprint density at radius 2 is 1.68 bits per heavy atom. The van der Waals surface area contributed by atoms with Gasteiger partial charge in [-0.3, -0.25) is 4.99 Å². The number of rotatable bonds is 4. The van der Waals surface area contributed by atoms with Gasteiger partial charge in [-0.25, -0.2) is 4.99 Å². The van der Waals surface area contributed by atoms with Crippen molar-refractivity contribution in [3.63, 3.8) is 0 Å². The number of hydrogen-bond acceptors (Lipinski definition) is 2. The largest absolute Gasteiger partial charge is 0.456 e. The van der Waals surface area contributed by atoms with Crippen molar-refractivity contribution in [3.8, 4) is 0 Å². The highest BCUT2D eigenvalue weighted by atomic mass is 16.3. The molecule has 0 saturated heterocycles.